The zero-order valence-electron chi connectivity index (χ0n) is 8.10. The molecule has 0 radical (unpaired) electrons. The molecule has 0 saturated heterocycles. The second kappa shape index (κ2) is 4.78. The molecule has 1 heterocycles. The molecule has 0 N–H and O–H groups in total. The molecule has 1 aromatic rings. The van der Waals surface area contributed by atoms with Crippen molar-refractivity contribution in [1.29, 1.82) is 0 Å². The third-order valence-electron chi connectivity index (χ3n) is 1.61. The van der Waals surface area contributed by atoms with Gasteiger partial charge in [-0.3, -0.25) is 4.57 Å². The summed E-state index contributed by atoms with van der Waals surface area (Å²) in [7, 11) is -3.92. The summed E-state index contributed by atoms with van der Waals surface area (Å²) in [5.74, 6) is -0.181. The lowest BCUT2D eigenvalue weighted by atomic mass is 10.6. The molecule has 16 heavy (non-hydrogen) atoms. The summed E-state index contributed by atoms with van der Waals surface area (Å²) in [5.41, 5.74) is 0. The van der Waals surface area contributed by atoms with Crippen molar-refractivity contribution in [3.8, 4) is 0 Å². The van der Waals surface area contributed by atoms with Crippen molar-refractivity contribution in [2.24, 2.45) is 0 Å². The van der Waals surface area contributed by atoms with E-state index in [1.165, 1.54) is 7.11 Å². The van der Waals surface area contributed by atoms with Crippen LogP contribution in [-0.4, -0.2) is 36.7 Å². The van der Waals surface area contributed by atoms with E-state index < -0.39 is 28.3 Å². The number of rotatable bonds is 5. The molecule has 0 saturated carbocycles. The maximum Gasteiger partial charge on any atom is 0.368 e. The summed E-state index contributed by atoms with van der Waals surface area (Å²) >= 11 is 0. The highest BCUT2D eigenvalue weighted by Crippen LogP contribution is 2.14. The average Bonchev–Trinajstić information content (AvgIpc) is 2.47. The molecule has 0 unspecified atom stereocenters. The van der Waals surface area contributed by atoms with E-state index in [4.69, 9.17) is 0 Å². The number of ether oxygens (including phenoxy) is 1. The highest BCUT2D eigenvalue weighted by atomic mass is 32.3. The average molecular weight is 259 g/mol. The third-order valence-corrected chi connectivity index (χ3v) is 2.34. The van der Waals surface area contributed by atoms with Crippen LogP contribution in [0.2, 0.25) is 0 Å². The molecule has 92 valence electrons. The fraction of sp³-hybridized carbons (Fsp3) is 0.667. The first-order chi connectivity index (χ1) is 7.36. The van der Waals surface area contributed by atoms with Crippen molar-refractivity contribution in [3.05, 3.63) is 5.82 Å². The largest absolute Gasteiger partial charge is 0.377 e. The smallest absolute Gasteiger partial charge is 0.368 e. The number of hydrogen-bond donors (Lipinski definition) is 0. The second-order valence-corrected chi connectivity index (χ2v) is 4.01. The molecule has 0 aliphatic rings. The summed E-state index contributed by atoms with van der Waals surface area (Å²) in [6.45, 7) is -1.25. The van der Waals surface area contributed by atoms with Crippen molar-refractivity contribution >= 4 is 10.2 Å². The highest BCUT2D eigenvalue weighted by molar-refractivity contribution is 7.86. The number of aromatic nitrogens is 3. The van der Waals surface area contributed by atoms with Gasteiger partial charge in [-0.25, -0.2) is 8.78 Å². The Morgan fingerprint density at radius 3 is 2.50 bits per heavy atom. The molecule has 0 bridgehead atoms. The van der Waals surface area contributed by atoms with Crippen LogP contribution in [-0.2, 0) is 28.1 Å². The Morgan fingerprint density at radius 1 is 1.44 bits per heavy atom. The number of methoxy groups -OCH3 is 1. The molecule has 1 aromatic heterocycles. The summed E-state index contributed by atoms with van der Waals surface area (Å²) in [6.07, 6.45) is -2.85. The quantitative estimate of drug-likeness (QED) is 0.713. The maximum atomic E-state index is 12.6. The van der Waals surface area contributed by atoms with Crippen LogP contribution in [0.15, 0.2) is 5.16 Å². The summed E-state index contributed by atoms with van der Waals surface area (Å²) in [5, 5.41) is 5.12. The summed E-state index contributed by atoms with van der Waals surface area (Å²) in [6, 6.07) is 0. The van der Waals surface area contributed by atoms with Crippen molar-refractivity contribution in [3.63, 3.8) is 0 Å². The molecule has 0 aromatic carbocycles. The molecular formula is C6H8F3N3O3S. The topological polar surface area (TPSA) is 74.1 Å². The summed E-state index contributed by atoms with van der Waals surface area (Å²) < 4.78 is 63.2. The van der Waals surface area contributed by atoms with E-state index >= 15 is 0 Å². The van der Waals surface area contributed by atoms with Gasteiger partial charge < -0.3 is 4.74 Å². The fourth-order valence-electron chi connectivity index (χ4n) is 1.06. The van der Waals surface area contributed by atoms with E-state index in [9.17, 15) is 21.1 Å². The van der Waals surface area contributed by atoms with Crippen LogP contribution < -0.4 is 0 Å². The summed E-state index contributed by atoms with van der Waals surface area (Å²) in [4.78, 5) is 0. The molecule has 6 nitrogen and oxygen atoms in total. The van der Waals surface area contributed by atoms with E-state index in [0.29, 0.717) is 4.57 Å². The van der Waals surface area contributed by atoms with Crippen molar-refractivity contribution in [2.75, 3.05) is 7.11 Å². The van der Waals surface area contributed by atoms with Crippen LogP contribution in [0.3, 0.4) is 0 Å². The van der Waals surface area contributed by atoms with Crippen LogP contribution in [0.5, 0.6) is 0 Å². The van der Waals surface area contributed by atoms with Crippen LogP contribution in [0.1, 0.15) is 5.82 Å². The lowest BCUT2D eigenvalue weighted by molar-refractivity contribution is 0.115. The van der Waals surface area contributed by atoms with Crippen molar-refractivity contribution < 1.29 is 25.8 Å². The Balaban J connectivity index is 3.19. The number of hydrogen-bond acceptors (Lipinski definition) is 5. The minimum atomic E-state index is -5.18. The molecular weight excluding hydrogens is 251 g/mol. The zero-order valence-corrected chi connectivity index (χ0v) is 8.92. The first kappa shape index (κ1) is 12.9. The number of alkyl halides is 2. The van der Waals surface area contributed by atoms with Crippen LogP contribution >= 0.6 is 0 Å². The van der Waals surface area contributed by atoms with Crippen LogP contribution in [0, 0.1) is 0 Å². The Labute approximate surface area is 89.2 Å². The molecule has 0 aliphatic carbocycles. The monoisotopic (exact) mass is 259 g/mol. The number of halogens is 3. The molecule has 10 heteroatoms. The maximum absolute atomic E-state index is 12.6. The van der Waals surface area contributed by atoms with Gasteiger partial charge >= 0.3 is 10.2 Å². The van der Waals surface area contributed by atoms with Crippen molar-refractivity contribution in [2.45, 2.75) is 24.7 Å². The fourth-order valence-corrected chi connectivity index (χ4v) is 1.64. The normalized spacial score (nSPS) is 12.3. The van der Waals surface area contributed by atoms with Crippen LogP contribution in [0.4, 0.5) is 12.7 Å². The highest BCUT2D eigenvalue weighted by Gasteiger charge is 2.25. The minimum Gasteiger partial charge on any atom is -0.377 e. The SMILES string of the molecule is COCc1nnc(S(=O)(=O)F)n1CC(F)F. The standard InChI is InChI=1S/C6H8F3N3O3S/c1-15-3-5-10-11-6(16(9,13)14)12(5)2-4(7)8/h4H,2-3H2,1H3. The molecule has 0 spiro atoms. The van der Waals surface area contributed by atoms with Gasteiger partial charge in [-0.1, -0.05) is 3.89 Å². The number of nitrogens with zero attached hydrogens (tertiary/aromatic N) is 3. The molecule has 0 atom stereocenters. The van der Waals surface area contributed by atoms with Gasteiger partial charge in [0.05, 0.1) is 6.54 Å². The molecule has 1 rings (SSSR count). The third kappa shape index (κ3) is 2.92. The van der Waals surface area contributed by atoms with Gasteiger partial charge in [0.2, 0.25) is 0 Å². The minimum absolute atomic E-state index is 0.181. The van der Waals surface area contributed by atoms with Gasteiger partial charge in [0.15, 0.2) is 5.82 Å². The van der Waals surface area contributed by atoms with E-state index in [0.717, 1.165) is 0 Å². The van der Waals surface area contributed by atoms with Crippen LogP contribution in [0.25, 0.3) is 0 Å². The van der Waals surface area contributed by atoms with Gasteiger partial charge in [-0.15, -0.1) is 10.2 Å². The Hall–Kier alpha value is -1.16. The van der Waals surface area contributed by atoms with E-state index in [2.05, 4.69) is 14.9 Å². The predicted molar refractivity (Wildman–Crippen MR) is 45.0 cm³/mol. The lowest BCUT2D eigenvalue weighted by Gasteiger charge is -2.06. The Kier molecular flexibility index (Phi) is 3.86. The zero-order chi connectivity index (χ0) is 12.3. The molecule has 0 fully saturated rings. The van der Waals surface area contributed by atoms with Gasteiger partial charge in [0.1, 0.15) is 6.61 Å². The van der Waals surface area contributed by atoms with E-state index in [1.807, 2.05) is 0 Å². The Bertz CT molecular complexity index is 459. The first-order valence-electron chi connectivity index (χ1n) is 4.00. The van der Waals surface area contributed by atoms with Gasteiger partial charge in [-0.2, -0.15) is 8.42 Å². The Morgan fingerprint density at radius 2 is 2.06 bits per heavy atom. The van der Waals surface area contributed by atoms with Crippen molar-refractivity contribution in [1.82, 2.24) is 14.8 Å². The van der Waals surface area contributed by atoms with E-state index in [-0.39, 0.29) is 12.4 Å². The van der Waals surface area contributed by atoms with Gasteiger partial charge in [0, 0.05) is 7.11 Å². The van der Waals surface area contributed by atoms with Gasteiger partial charge in [0.25, 0.3) is 11.6 Å². The molecule has 0 amide bonds. The molecule has 0 aliphatic heterocycles. The predicted octanol–water partition coefficient (Wildman–Crippen LogP) is 0.348. The van der Waals surface area contributed by atoms with E-state index in [1.54, 1.807) is 0 Å². The first-order valence-corrected chi connectivity index (χ1v) is 5.38. The lowest BCUT2D eigenvalue weighted by Crippen LogP contribution is -2.15. The van der Waals surface area contributed by atoms with Gasteiger partial charge in [-0.05, 0) is 0 Å². The second-order valence-electron chi connectivity index (χ2n) is 2.77.